The van der Waals surface area contributed by atoms with Crippen LogP contribution in [0, 0.1) is 22.7 Å². The average molecular weight is 485 g/mol. The molecule has 0 aliphatic rings. The zero-order valence-corrected chi connectivity index (χ0v) is 20.5. The molecule has 32 heavy (non-hydrogen) atoms. The van der Waals surface area contributed by atoms with Gasteiger partial charge in [0.05, 0.1) is 31.9 Å². The highest BCUT2D eigenvalue weighted by Crippen LogP contribution is 2.27. The van der Waals surface area contributed by atoms with Gasteiger partial charge >= 0.3 is 0 Å². The van der Waals surface area contributed by atoms with Crippen LogP contribution in [0.3, 0.4) is 0 Å². The van der Waals surface area contributed by atoms with E-state index in [0.29, 0.717) is 50.0 Å². The number of pyridine rings is 2. The Balaban J connectivity index is 0.000000204. The molecular formula is C22H22Cl2N6OSi. The Morgan fingerprint density at radius 2 is 1.69 bits per heavy atom. The minimum atomic E-state index is -1.08. The van der Waals surface area contributed by atoms with Gasteiger partial charge in [0.15, 0.2) is 0 Å². The Bertz CT molecular complexity index is 1330. The van der Waals surface area contributed by atoms with Crippen LogP contribution in [-0.4, -0.2) is 34.2 Å². The lowest BCUT2D eigenvalue weighted by Crippen LogP contribution is -2.22. The molecule has 4 rings (SSSR count). The number of nitriles is 2. The maximum Gasteiger partial charge on any atom is 0.144 e. The quantitative estimate of drug-likeness (QED) is 0.277. The number of fused-ring (bicyclic) bond motifs is 2. The summed E-state index contributed by atoms with van der Waals surface area (Å²) >= 11 is 12.0. The molecule has 0 aliphatic heterocycles. The molecule has 1 N–H and O–H groups in total. The number of H-pyrrole nitrogens is 1. The maximum atomic E-state index is 9.17. The lowest BCUT2D eigenvalue weighted by Gasteiger charge is -2.15. The van der Waals surface area contributed by atoms with Crippen LogP contribution in [-0.2, 0) is 11.5 Å². The third-order valence-electron chi connectivity index (χ3n) is 4.70. The second-order valence-corrected chi connectivity index (χ2v) is 14.7. The molecule has 0 aliphatic carbocycles. The van der Waals surface area contributed by atoms with Crippen molar-refractivity contribution in [2.24, 2.45) is 0 Å². The number of nitrogens with one attached hydrogen (secondary N) is 1. The zero-order chi connectivity index (χ0) is 23.3. The van der Waals surface area contributed by atoms with E-state index in [-0.39, 0.29) is 0 Å². The molecular weight excluding hydrogens is 463 g/mol. The molecule has 4 aromatic heterocycles. The van der Waals surface area contributed by atoms with Gasteiger partial charge in [0, 0.05) is 39.5 Å². The Kier molecular flexibility index (Phi) is 7.55. The van der Waals surface area contributed by atoms with E-state index in [2.05, 4.69) is 40.7 Å². The fourth-order valence-corrected chi connectivity index (χ4v) is 4.25. The van der Waals surface area contributed by atoms with Crippen molar-refractivity contribution in [1.29, 1.82) is 10.5 Å². The van der Waals surface area contributed by atoms with Crippen molar-refractivity contribution in [1.82, 2.24) is 19.5 Å². The van der Waals surface area contributed by atoms with Crippen molar-refractivity contribution >= 4 is 53.3 Å². The normalized spacial score (nSPS) is 11.1. The highest BCUT2D eigenvalue weighted by molar-refractivity contribution is 6.76. The van der Waals surface area contributed by atoms with Crippen LogP contribution in [0.25, 0.3) is 22.1 Å². The Hall–Kier alpha value is -2.88. The fraction of sp³-hybridized carbons (Fsp3) is 0.273. The van der Waals surface area contributed by atoms with Crippen LogP contribution in [0.5, 0.6) is 0 Å². The number of aromatic amines is 1. The molecule has 164 valence electrons. The molecule has 0 spiro atoms. The molecule has 0 atom stereocenters. The van der Waals surface area contributed by atoms with Gasteiger partial charge < -0.3 is 14.3 Å². The molecule has 10 heteroatoms. The van der Waals surface area contributed by atoms with Gasteiger partial charge in [-0.15, -0.1) is 0 Å². The van der Waals surface area contributed by atoms with Crippen molar-refractivity contribution in [3.8, 4) is 12.1 Å². The molecule has 4 heterocycles. The van der Waals surface area contributed by atoms with Crippen LogP contribution < -0.4 is 0 Å². The van der Waals surface area contributed by atoms with Crippen LogP contribution in [0.1, 0.15) is 11.1 Å². The first-order valence-electron chi connectivity index (χ1n) is 9.88. The Morgan fingerprint density at radius 1 is 1.03 bits per heavy atom. The summed E-state index contributed by atoms with van der Waals surface area (Å²) in [5.41, 5.74) is 2.41. The SMILES string of the molecule is C[Si](C)(C)CCOCn1cc(C#N)c2c(Cl)ccnc21.N#Cc1c[nH]c2nccc(Cl)c12. The van der Waals surface area contributed by atoms with Gasteiger partial charge in [-0.2, -0.15) is 10.5 Å². The van der Waals surface area contributed by atoms with Gasteiger partial charge in [-0.3, -0.25) is 0 Å². The van der Waals surface area contributed by atoms with E-state index in [1.807, 2.05) is 10.6 Å². The van der Waals surface area contributed by atoms with Crippen LogP contribution in [0.2, 0.25) is 35.7 Å². The third-order valence-corrected chi connectivity index (χ3v) is 7.03. The number of ether oxygens (including phenoxy) is 1. The molecule has 0 amide bonds. The average Bonchev–Trinajstić information content (AvgIpc) is 3.34. The Morgan fingerprint density at radius 3 is 2.34 bits per heavy atom. The fourth-order valence-electron chi connectivity index (χ4n) is 3.01. The summed E-state index contributed by atoms with van der Waals surface area (Å²) in [6.45, 7) is 8.08. The van der Waals surface area contributed by atoms with E-state index in [9.17, 15) is 0 Å². The number of rotatable bonds is 5. The number of nitrogens with zero attached hydrogens (tertiary/aromatic N) is 5. The van der Waals surface area contributed by atoms with Crippen LogP contribution >= 0.6 is 23.2 Å². The van der Waals surface area contributed by atoms with Gasteiger partial charge in [0.25, 0.3) is 0 Å². The van der Waals surface area contributed by atoms with Gasteiger partial charge in [-0.25, -0.2) is 9.97 Å². The summed E-state index contributed by atoms with van der Waals surface area (Å²) in [5, 5.41) is 20.4. The third kappa shape index (κ3) is 5.48. The van der Waals surface area contributed by atoms with Crippen LogP contribution in [0.4, 0.5) is 0 Å². The van der Waals surface area contributed by atoms with Crippen molar-refractivity contribution in [2.75, 3.05) is 6.61 Å². The van der Waals surface area contributed by atoms with Crippen molar-refractivity contribution < 1.29 is 4.74 Å². The molecule has 7 nitrogen and oxygen atoms in total. The van der Waals surface area contributed by atoms with E-state index in [0.717, 1.165) is 12.7 Å². The topological polar surface area (TPSA) is 103 Å². The highest BCUT2D eigenvalue weighted by atomic mass is 35.5. The van der Waals surface area contributed by atoms with Crippen LogP contribution in [0.15, 0.2) is 36.9 Å². The monoisotopic (exact) mass is 484 g/mol. The van der Waals surface area contributed by atoms with Gasteiger partial charge in [0.2, 0.25) is 0 Å². The highest BCUT2D eigenvalue weighted by Gasteiger charge is 2.14. The molecule has 0 bridgehead atoms. The Labute approximate surface area is 197 Å². The van der Waals surface area contributed by atoms with E-state index in [4.69, 9.17) is 38.5 Å². The molecule has 4 aromatic rings. The van der Waals surface area contributed by atoms with E-state index < -0.39 is 8.07 Å². The van der Waals surface area contributed by atoms with Crippen molar-refractivity contribution in [3.63, 3.8) is 0 Å². The summed E-state index contributed by atoms with van der Waals surface area (Å²) < 4.78 is 7.54. The van der Waals surface area contributed by atoms with E-state index in [1.54, 1.807) is 36.9 Å². The maximum absolute atomic E-state index is 9.17. The molecule has 0 fully saturated rings. The van der Waals surface area contributed by atoms with Crippen molar-refractivity contribution in [3.05, 3.63) is 58.1 Å². The largest absolute Gasteiger partial charge is 0.361 e. The number of hydrogen-bond acceptors (Lipinski definition) is 5. The lowest BCUT2D eigenvalue weighted by atomic mass is 10.2. The summed E-state index contributed by atoms with van der Waals surface area (Å²) in [7, 11) is -1.08. The zero-order valence-electron chi connectivity index (χ0n) is 18.0. The van der Waals surface area contributed by atoms with Gasteiger partial charge in [-0.05, 0) is 18.2 Å². The molecule has 0 unspecified atom stereocenters. The number of hydrogen-bond donors (Lipinski definition) is 1. The summed E-state index contributed by atoms with van der Waals surface area (Å²) in [6.07, 6.45) is 6.59. The predicted octanol–water partition coefficient (Wildman–Crippen LogP) is 5.96. The van der Waals surface area contributed by atoms with Gasteiger partial charge in [0.1, 0.15) is 30.2 Å². The smallest absolute Gasteiger partial charge is 0.144 e. The molecule has 0 radical (unpaired) electrons. The number of halogens is 2. The lowest BCUT2D eigenvalue weighted by molar-refractivity contribution is 0.0898. The first kappa shape index (κ1) is 23.8. The second-order valence-electron chi connectivity index (χ2n) is 8.29. The van der Waals surface area contributed by atoms with E-state index in [1.165, 1.54) is 0 Å². The molecule has 0 aromatic carbocycles. The first-order chi connectivity index (χ1) is 15.2. The van der Waals surface area contributed by atoms with Gasteiger partial charge in [-0.1, -0.05) is 42.8 Å². The second kappa shape index (κ2) is 10.2. The first-order valence-corrected chi connectivity index (χ1v) is 14.3. The van der Waals surface area contributed by atoms with Crippen molar-refractivity contribution in [2.45, 2.75) is 32.4 Å². The summed E-state index contributed by atoms with van der Waals surface area (Å²) in [6, 6.07) is 8.66. The minimum absolute atomic E-state index is 0.399. The number of aromatic nitrogens is 4. The summed E-state index contributed by atoms with van der Waals surface area (Å²) in [5.74, 6) is 0. The standard InChI is InChI=1S/C14H18ClN3OSi.C8H4ClN3/c1-20(2,3)7-6-19-10-18-9-11(8-16)13-12(15)4-5-17-14(13)18;9-6-1-2-11-8-7(6)5(3-10)4-12-8/h4-5,9H,6-7,10H2,1-3H3;1-2,4H,(H,11,12). The summed E-state index contributed by atoms with van der Waals surface area (Å²) in [4.78, 5) is 11.2. The van der Waals surface area contributed by atoms with E-state index >= 15 is 0 Å². The predicted molar refractivity (Wildman–Crippen MR) is 129 cm³/mol. The minimum Gasteiger partial charge on any atom is -0.361 e. The molecule has 0 saturated carbocycles. The molecule has 0 saturated heterocycles.